The number of aromatic carboxylic acids is 1. The van der Waals surface area contributed by atoms with E-state index in [0.29, 0.717) is 5.03 Å². The average Bonchev–Trinajstić information content (AvgIpc) is 2.33. The second-order valence-electron chi connectivity index (χ2n) is 3.41. The monoisotopic (exact) mass is 246 g/mol. The van der Waals surface area contributed by atoms with Gasteiger partial charge in [-0.15, -0.1) is 0 Å². The quantitative estimate of drug-likeness (QED) is 0.902. The summed E-state index contributed by atoms with van der Waals surface area (Å²) >= 11 is 1.47. The van der Waals surface area contributed by atoms with E-state index in [1.807, 2.05) is 31.2 Å². The van der Waals surface area contributed by atoms with E-state index in [1.54, 1.807) is 0 Å². The van der Waals surface area contributed by atoms with Crippen molar-refractivity contribution < 1.29 is 9.90 Å². The molecule has 1 N–H and O–H groups in total. The Morgan fingerprint density at radius 2 is 2.00 bits per heavy atom. The van der Waals surface area contributed by atoms with E-state index in [4.69, 9.17) is 5.11 Å². The second kappa shape index (κ2) is 4.97. The van der Waals surface area contributed by atoms with Crippen molar-refractivity contribution in [3.8, 4) is 0 Å². The van der Waals surface area contributed by atoms with Gasteiger partial charge in [0.25, 0.3) is 0 Å². The number of aryl methyl sites for hydroxylation is 1. The molecule has 1 aromatic heterocycles. The van der Waals surface area contributed by atoms with Crippen LogP contribution in [0.3, 0.4) is 0 Å². The smallest absolute Gasteiger partial charge is 0.356 e. The van der Waals surface area contributed by atoms with Gasteiger partial charge in [0.15, 0.2) is 5.69 Å². The molecular weight excluding hydrogens is 236 g/mol. The van der Waals surface area contributed by atoms with Gasteiger partial charge in [0.05, 0.1) is 12.4 Å². The molecule has 17 heavy (non-hydrogen) atoms. The number of carbonyl (C=O) groups is 1. The highest BCUT2D eigenvalue weighted by Crippen LogP contribution is 2.27. The van der Waals surface area contributed by atoms with Crippen molar-refractivity contribution >= 4 is 17.7 Å². The van der Waals surface area contributed by atoms with Gasteiger partial charge in [0, 0.05) is 4.90 Å². The zero-order valence-electron chi connectivity index (χ0n) is 9.12. The fourth-order valence-electron chi connectivity index (χ4n) is 1.26. The third-order valence-electron chi connectivity index (χ3n) is 2.16. The van der Waals surface area contributed by atoms with Crippen LogP contribution in [0.15, 0.2) is 46.6 Å². The van der Waals surface area contributed by atoms with E-state index in [9.17, 15) is 4.79 Å². The van der Waals surface area contributed by atoms with E-state index in [2.05, 4.69) is 9.97 Å². The molecular formula is C12H10N2O2S. The highest BCUT2D eigenvalue weighted by atomic mass is 32.2. The molecule has 86 valence electrons. The summed E-state index contributed by atoms with van der Waals surface area (Å²) in [5.41, 5.74) is 1.11. The summed E-state index contributed by atoms with van der Waals surface area (Å²) in [6, 6.07) is 7.93. The highest BCUT2D eigenvalue weighted by Gasteiger charge is 2.06. The molecule has 0 aliphatic carbocycles. The molecule has 2 rings (SSSR count). The molecule has 4 nitrogen and oxygen atoms in total. The van der Waals surface area contributed by atoms with Crippen molar-refractivity contribution in [1.82, 2.24) is 9.97 Å². The van der Waals surface area contributed by atoms with Crippen LogP contribution in [0.4, 0.5) is 0 Å². The topological polar surface area (TPSA) is 63.1 Å². The Balaban J connectivity index is 2.20. The molecule has 5 heteroatoms. The lowest BCUT2D eigenvalue weighted by atomic mass is 10.2. The average molecular weight is 246 g/mol. The Labute approximate surface area is 103 Å². The van der Waals surface area contributed by atoms with E-state index in [1.165, 1.54) is 24.2 Å². The summed E-state index contributed by atoms with van der Waals surface area (Å²) in [6.07, 6.45) is 2.74. The number of hydrogen-bond donors (Lipinski definition) is 1. The summed E-state index contributed by atoms with van der Waals surface area (Å²) in [7, 11) is 0. The summed E-state index contributed by atoms with van der Waals surface area (Å²) in [6.45, 7) is 2.02. The SMILES string of the molecule is Cc1ccccc1Sc1cnc(C(=O)O)cn1. The largest absolute Gasteiger partial charge is 0.476 e. The van der Waals surface area contributed by atoms with Crippen molar-refractivity contribution in [2.75, 3.05) is 0 Å². The van der Waals surface area contributed by atoms with E-state index < -0.39 is 5.97 Å². The molecule has 0 radical (unpaired) electrons. The maximum atomic E-state index is 10.6. The zero-order valence-corrected chi connectivity index (χ0v) is 9.94. The molecule has 0 fully saturated rings. The van der Waals surface area contributed by atoms with E-state index in [0.717, 1.165) is 10.5 Å². The predicted octanol–water partition coefficient (Wildman–Crippen LogP) is 2.63. The standard InChI is InChI=1S/C12H10N2O2S/c1-8-4-2-3-5-10(8)17-11-7-13-9(6-14-11)12(15)16/h2-7H,1H3,(H,15,16). The molecule has 0 aliphatic heterocycles. The van der Waals surface area contributed by atoms with Crippen LogP contribution < -0.4 is 0 Å². The van der Waals surface area contributed by atoms with Gasteiger partial charge in [-0.2, -0.15) is 0 Å². The van der Waals surface area contributed by atoms with Gasteiger partial charge >= 0.3 is 5.97 Å². The van der Waals surface area contributed by atoms with Crippen LogP contribution >= 0.6 is 11.8 Å². The number of carboxylic acid groups (broad SMARTS) is 1. The fraction of sp³-hybridized carbons (Fsp3) is 0.0833. The highest BCUT2D eigenvalue weighted by molar-refractivity contribution is 7.99. The Bertz CT molecular complexity index is 540. The first-order valence-electron chi connectivity index (χ1n) is 4.95. The Kier molecular flexibility index (Phi) is 3.39. The van der Waals surface area contributed by atoms with Gasteiger partial charge in [-0.1, -0.05) is 30.0 Å². The summed E-state index contributed by atoms with van der Waals surface area (Å²) < 4.78 is 0. The third-order valence-corrected chi connectivity index (χ3v) is 3.25. The number of hydrogen-bond acceptors (Lipinski definition) is 4. The van der Waals surface area contributed by atoms with Crippen LogP contribution in [0.2, 0.25) is 0 Å². The Morgan fingerprint density at radius 3 is 2.59 bits per heavy atom. The minimum absolute atomic E-state index is 0.0425. The lowest BCUT2D eigenvalue weighted by Crippen LogP contribution is -2.00. The Morgan fingerprint density at radius 1 is 1.24 bits per heavy atom. The van der Waals surface area contributed by atoms with Gasteiger partial charge in [-0.05, 0) is 18.6 Å². The summed E-state index contributed by atoms with van der Waals surface area (Å²) in [4.78, 5) is 19.6. The normalized spacial score (nSPS) is 10.2. The van der Waals surface area contributed by atoms with Crippen LogP contribution in [0.25, 0.3) is 0 Å². The van der Waals surface area contributed by atoms with Crippen molar-refractivity contribution in [2.24, 2.45) is 0 Å². The van der Waals surface area contributed by atoms with Crippen molar-refractivity contribution in [3.63, 3.8) is 0 Å². The lowest BCUT2D eigenvalue weighted by molar-refractivity contribution is 0.0689. The van der Waals surface area contributed by atoms with Crippen LogP contribution in [0, 0.1) is 6.92 Å². The number of nitrogens with zero attached hydrogens (tertiary/aromatic N) is 2. The number of rotatable bonds is 3. The zero-order chi connectivity index (χ0) is 12.3. The van der Waals surface area contributed by atoms with Gasteiger partial charge in [-0.25, -0.2) is 14.8 Å². The van der Waals surface area contributed by atoms with Gasteiger partial charge in [0.1, 0.15) is 5.03 Å². The van der Waals surface area contributed by atoms with Crippen LogP contribution in [-0.4, -0.2) is 21.0 Å². The molecule has 1 heterocycles. The predicted molar refractivity (Wildman–Crippen MR) is 64.3 cm³/mol. The lowest BCUT2D eigenvalue weighted by Gasteiger charge is -2.03. The van der Waals surface area contributed by atoms with Crippen LogP contribution in [-0.2, 0) is 0 Å². The third kappa shape index (κ3) is 2.82. The fourth-order valence-corrected chi connectivity index (χ4v) is 2.07. The maximum Gasteiger partial charge on any atom is 0.356 e. The molecule has 0 bridgehead atoms. The van der Waals surface area contributed by atoms with Crippen molar-refractivity contribution in [2.45, 2.75) is 16.8 Å². The molecule has 0 unspecified atom stereocenters. The van der Waals surface area contributed by atoms with Gasteiger partial charge < -0.3 is 5.11 Å². The molecule has 0 amide bonds. The molecule has 0 saturated carbocycles. The summed E-state index contributed by atoms with van der Waals surface area (Å²) in [5.74, 6) is -1.06. The van der Waals surface area contributed by atoms with E-state index in [-0.39, 0.29) is 5.69 Å². The van der Waals surface area contributed by atoms with Crippen molar-refractivity contribution in [1.29, 1.82) is 0 Å². The van der Waals surface area contributed by atoms with Crippen molar-refractivity contribution in [3.05, 3.63) is 47.9 Å². The van der Waals surface area contributed by atoms with Gasteiger partial charge in [0.2, 0.25) is 0 Å². The first-order chi connectivity index (χ1) is 8.16. The number of carboxylic acids is 1. The molecule has 1 aromatic carbocycles. The minimum Gasteiger partial charge on any atom is -0.476 e. The van der Waals surface area contributed by atoms with Gasteiger partial charge in [-0.3, -0.25) is 0 Å². The van der Waals surface area contributed by atoms with Crippen LogP contribution in [0.1, 0.15) is 16.1 Å². The molecule has 0 spiro atoms. The second-order valence-corrected chi connectivity index (χ2v) is 4.47. The minimum atomic E-state index is -1.06. The summed E-state index contributed by atoms with van der Waals surface area (Å²) in [5, 5.41) is 9.38. The maximum absolute atomic E-state index is 10.6. The Hall–Kier alpha value is -1.88. The number of benzene rings is 1. The van der Waals surface area contributed by atoms with Crippen LogP contribution in [0.5, 0.6) is 0 Å². The molecule has 0 aliphatic rings. The molecule has 2 aromatic rings. The molecule has 0 atom stereocenters. The molecule has 0 saturated heterocycles. The number of aromatic nitrogens is 2. The first-order valence-corrected chi connectivity index (χ1v) is 5.77. The van der Waals surface area contributed by atoms with E-state index >= 15 is 0 Å². The first kappa shape index (κ1) is 11.6.